The van der Waals surface area contributed by atoms with Crippen LogP contribution in [0.4, 0.5) is 14.9 Å². The molecular formula is C27H31FN4O3. The number of rotatable bonds is 7. The van der Waals surface area contributed by atoms with E-state index in [1.807, 2.05) is 45.2 Å². The van der Waals surface area contributed by atoms with E-state index in [2.05, 4.69) is 9.88 Å². The summed E-state index contributed by atoms with van der Waals surface area (Å²) in [4.78, 5) is 29.9. The second kappa shape index (κ2) is 10.6. The number of carbonyl (C=O) groups is 2. The van der Waals surface area contributed by atoms with Crippen LogP contribution < -0.4 is 10.1 Å². The molecule has 0 radical (unpaired) electrons. The van der Waals surface area contributed by atoms with Gasteiger partial charge in [0.05, 0.1) is 12.6 Å². The zero-order valence-electron chi connectivity index (χ0n) is 20.3. The molecule has 1 atom stereocenters. The zero-order valence-corrected chi connectivity index (χ0v) is 20.3. The summed E-state index contributed by atoms with van der Waals surface area (Å²) >= 11 is 0. The molecule has 2 aromatic carbocycles. The lowest BCUT2D eigenvalue weighted by molar-refractivity contribution is -0.134. The number of hydrogen-bond donors (Lipinski definition) is 1. The van der Waals surface area contributed by atoms with Crippen molar-refractivity contribution in [3.05, 3.63) is 83.9 Å². The van der Waals surface area contributed by atoms with Crippen LogP contribution in [-0.2, 0) is 11.3 Å². The van der Waals surface area contributed by atoms with Gasteiger partial charge in [-0.05, 0) is 74.9 Å². The summed E-state index contributed by atoms with van der Waals surface area (Å²) in [6.07, 6.45) is 1.97. The number of urea groups is 1. The zero-order chi connectivity index (χ0) is 24.9. The lowest BCUT2D eigenvalue weighted by Gasteiger charge is -2.39. The molecule has 0 fully saturated rings. The third-order valence-corrected chi connectivity index (χ3v) is 6.13. The minimum Gasteiger partial charge on any atom is -0.494 e. The Morgan fingerprint density at radius 1 is 1.11 bits per heavy atom. The standard InChI is InChI=1S/C27H31FN4O3/c1-4-35-23-12-10-22(11-13-23)29-27(34)32(19(2)3)18-25(33)31-16-15-30-14-6-9-24(30)26(31)20-7-5-8-21(28)17-20/h5-14,17,19,26H,4,15-16,18H2,1-3H3,(H,29,34). The third-order valence-electron chi connectivity index (χ3n) is 6.13. The molecule has 3 amide bonds. The van der Waals surface area contributed by atoms with Gasteiger partial charge in [0.1, 0.15) is 18.1 Å². The number of nitrogens with zero attached hydrogens (tertiary/aromatic N) is 3. The highest BCUT2D eigenvalue weighted by Crippen LogP contribution is 2.33. The predicted molar refractivity (Wildman–Crippen MR) is 133 cm³/mol. The van der Waals surface area contributed by atoms with E-state index in [1.165, 1.54) is 17.0 Å². The minimum atomic E-state index is -0.426. The monoisotopic (exact) mass is 478 g/mol. The van der Waals surface area contributed by atoms with E-state index in [-0.39, 0.29) is 30.3 Å². The molecule has 8 heteroatoms. The van der Waals surface area contributed by atoms with Crippen LogP contribution in [0.3, 0.4) is 0 Å². The minimum absolute atomic E-state index is 0.0902. The van der Waals surface area contributed by atoms with Crippen molar-refractivity contribution in [3.63, 3.8) is 0 Å². The fourth-order valence-electron chi connectivity index (χ4n) is 4.40. The van der Waals surface area contributed by atoms with Crippen molar-refractivity contribution in [1.29, 1.82) is 0 Å². The first-order valence-corrected chi connectivity index (χ1v) is 11.9. The molecule has 184 valence electrons. The van der Waals surface area contributed by atoms with Crippen LogP contribution in [-0.4, -0.2) is 52.0 Å². The average molecular weight is 479 g/mol. The van der Waals surface area contributed by atoms with Gasteiger partial charge in [0.2, 0.25) is 5.91 Å². The van der Waals surface area contributed by atoms with Gasteiger partial charge >= 0.3 is 6.03 Å². The molecule has 35 heavy (non-hydrogen) atoms. The van der Waals surface area contributed by atoms with E-state index in [0.29, 0.717) is 30.9 Å². The first kappa shape index (κ1) is 24.3. The van der Waals surface area contributed by atoms with Gasteiger partial charge in [0, 0.05) is 36.7 Å². The summed E-state index contributed by atoms with van der Waals surface area (Å²) in [5.41, 5.74) is 2.24. The van der Waals surface area contributed by atoms with Gasteiger partial charge in [-0.25, -0.2) is 9.18 Å². The van der Waals surface area contributed by atoms with E-state index >= 15 is 0 Å². The van der Waals surface area contributed by atoms with Crippen LogP contribution in [0, 0.1) is 5.82 Å². The van der Waals surface area contributed by atoms with Crippen molar-refractivity contribution in [3.8, 4) is 5.75 Å². The van der Waals surface area contributed by atoms with Gasteiger partial charge in [-0.3, -0.25) is 4.79 Å². The molecule has 0 spiro atoms. The van der Waals surface area contributed by atoms with Crippen molar-refractivity contribution in [2.45, 2.75) is 39.4 Å². The Labute approximate surface area is 205 Å². The van der Waals surface area contributed by atoms with Crippen LogP contribution in [0.15, 0.2) is 66.9 Å². The second-order valence-corrected chi connectivity index (χ2v) is 8.78. The maximum Gasteiger partial charge on any atom is 0.322 e. The van der Waals surface area contributed by atoms with Crippen LogP contribution in [0.5, 0.6) is 5.75 Å². The summed E-state index contributed by atoms with van der Waals surface area (Å²) in [5, 5.41) is 2.87. The van der Waals surface area contributed by atoms with Crippen molar-refractivity contribution in [1.82, 2.24) is 14.4 Å². The van der Waals surface area contributed by atoms with Gasteiger partial charge in [0.25, 0.3) is 0 Å². The molecule has 0 saturated carbocycles. The summed E-state index contributed by atoms with van der Waals surface area (Å²) < 4.78 is 21.6. The van der Waals surface area contributed by atoms with Crippen LogP contribution in [0.2, 0.25) is 0 Å². The van der Waals surface area contributed by atoms with Gasteiger partial charge in [-0.2, -0.15) is 0 Å². The summed E-state index contributed by atoms with van der Waals surface area (Å²) in [5.74, 6) is 0.180. The molecule has 1 aliphatic rings. The highest BCUT2D eigenvalue weighted by Gasteiger charge is 2.34. The Morgan fingerprint density at radius 3 is 2.57 bits per heavy atom. The van der Waals surface area contributed by atoms with Crippen LogP contribution >= 0.6 is 0 Å². The lowest BCUT2D eigenvalue weighted by Crippen LogP contribution is -2.50. The quantitative estimate of drug-likeness (QED) is 0.525. The number of benzene rings is 2. The summed E-state index contributed by atoms with van der Waals surface area (Å²) in [6, 6.07) is 16.3. The molecule has 2 heterocycles. The number of aromatic nitrogens is 1. The fourth-order valence-corrected chi connectivity index (χ4v) is 4.40. The smallest absolute Gasteiger partial charge is 0.322 e. The maximum atomic E-state index is 14.1. The molecule has 0 saturated heterocycles. The van der Waals surface area contributed by atoms with Gasteiger partial charge in [0.15, 0.2) is 0 Å². The Bertz CT molecular complexity index is 1180. The first-order valence-electron chi connectivity index (χ1n) is 11.9. The topological polar surface area (TPSA) is 66.8 Å². The highest BCUT2D eigenvalue weighted by molar-refractivity contribution is 5.92. The Balaban J connectivity index is 1.53. The third kappa shape index (κ3) is 5.48. The van der Waals surface area contributed by atoms with Crippen LogP contribution in [0.1, 0.15) is 38.1 Å². The molecule has 3 aromatic rings. The van der Waals surface area contributed by atoms with E-state index < -0.39 is 6.04 Å². The highest BCUT2D eigenvalue weighted by atomic mass is 19.1. The van der Waals surface area contributed by atoms with E-state index in [9.17, 15) is 14.0 Å². The number of amides is 3. The number of ether oxygens (including phenoxy) is 1. The summed E-state index contributed by atoms with van der Waals surface area (Å²) in [6.45, 7) is 7.23. The first-order chi connectivity index (χ1) is 16.9. The maximum absolute atomic E-state index is 14.1. The molecule has 1 aromatic heterocycles. The number of hydrogen-bond acceptors (Lipinski definition) is 3. The van der Waals surface area contributed by atoms with Crippen molar-refractivity contribution < 1.29 is 18.7 Å². The number of halogens is 1. The largest absolute Gasteiger partial charge is 0.494 e. The number of fused-ring (bicyclic) bond motifs is 1. The molecule has 0 bridgehead atoms. The van der Waals surface area contributed by atoms with Gasteiger partial charge in [-0.1, -0.05) is 12.1 Å². The fraction of sp³-hybridized carbons (Fsp3) is 0.333. The van der Waals surface area contributed by atoms with Crippen molar-refractivity contribution >= 4 is 17.6 Å². The predicted octanol–water partition coefficient (Wildman–Crippen LogP) is 4.90. The normalized spacial score (nSPS) is 15.0. The summed E-state index contributed by atoms with van der Waals surface area (Å²) in [7, 11) is 0. The Hall–Kier alpha value is -3.81. The van der Waals surface area contributed by atoms with E-state index in [0.717, 1.165) is 11.4 Å². The van der Waals surface area contributed by atoms with Gasteiger partial charge in [-0.15, -0.1) is 0 Å². The van der Waals surface area contributed by atoms with Crippen molar-refractivity contribution in [2.75, 3.05) is 25.0 Å². The number of nitrogens with one attached hydrogen (secondary N) is 1. The number of carbonyl (C=O) groups excluding carboxylic acids is 2. The molecule has 0 aliphatic carbocycles. The van der Waals surface area contributed by atoms with E-state index in [4.69, 9.17) is 4.74 Å². The van der Waals surface area contributed by atoms with Gasteiger partial charge < -0.3 is 24.4 Å². The van der Waals surface area contributed by atoms with Crippen LogP contribution in [0.25, 0.3) is 0 Å². The van der Waals surface area contributed by atoms with Crippen molar-refractivity contribution in [2.24, 2.45) is 0 Å². The molecular weight excluding hydrogens is 447 g/mol. The molecule has 7 nitrogen and oxygen atoms in total. The Kier molecular flexibility index (Phi) is 7.39. The SMILES string of the molecule is CCOc1ccc(NC(=O)N(CC(=O)N2CCn3cccc3C2c2cccc(F)c2)C(C)C)cc1. The van der Waals surface area contributed by atoms with E-state index in [1.54, 1.807) is 35.2 Å². The molecule has 1 N–H and O–H groups in total. The second-order valence-electron chi connectivity index (χ2n) is 8.78. The molecule has 4 rings (SSSR count). The molecule has 1 unspecified atom stereocenters. The Morgan fingerprint density at radius 2 is 1.89 bits per heavy atom. The average Bonchev–Trinajstić information content (AvgIpc) is 3.32. The number of anilines is 1. The lowest BCUT2D eigenvalue weighted by atomic mass is 9.99. The molecule has 1 aliphatic heterocycles.